The summed E-state index contributed by atoms with van der Waals surface area (Å²) in [6, 6.07) is 6.37. The number of hydrogen-bond donors (Lipinski definition) is 2. The van der Waals surface area contributed by atoms with Crippen molar-refractivity contribution in [2.24, 2.45) is 11.7 Å². The van der Waals surface area contributed by atoms with E-state index in [-0.39, 0.29) is 17.9 Å². The molecule has 0 aromatic heterocycles. The largest absolute Gasteiger partial charge is 0.328 e. The van der Waals surface area contributed by atoms with Crippen molar-refractivity contribution in [1.29, 1.82) is 0 Å². The second-order valence-corrected chi connectivity index (χ2v) is 5.61. The summed E-state index contributed by atoms with van der Waals surface area (Å²) in [5, 5.41) is 3.09. The molecule has 1 amide bonds. The van der Waals surface area contributed by atoms with Crippen LogP contribution in [0.25, 0.3) is 0 Å². The van der Waals surface area contributed by atoms with Crippen LogP contribution in [0.1, 0.15) is 43.7 Å². The van der Waals surface area contributed by atoms with E-state index in [4.69, 9.17) is 5.73 Å². The van der Waals surface area contributed by atoms with Gasteiger partial charge in [0.05, 0.1) is 0 Å². The number of benzene rings is 1. The summed E-state index contributed by atoms with van der Waals surface area (Å²) >= 11 is 0. The summed E-state index contributed by atoms with van der Waals surface area (Å²) in [5.74, 6) is 0.622. The SMILES string of the molecule is Cc1cccc(C(C)C)c1NC(=O)C1CC(N)C1. The molecule has 0 unspecified atom stereocenters. The van der Waals surface area contributed by atoms with E-state index in [9.17, 15) is 4.79 Å². The maximum absolute atomic E-state index is 12.1. The van der Waals surface area contributed by atoms with Crippen LogP contribution in [0.2, 0.25) is 0 Å². The minimum absolute atomic E-state index is 0.0969. The Bertz CT molecular complexity index is 448. The van der Waals surface area contributed by atoms with E-state index in [0.717, 1.165) is 24.1 Å². The molecular weight excluding hydrogens is 224 g/mol. The molecule has 0 atom stereocenters. The summed E-state index contributed by atoms with van der Waals surface area (Å²) in [6.07, 6.45) is 1.63. The van der Waals surface area contributed by atoms with E-state index in [2.05, 4.69) is 25.2 Å². The Hall–Kier alpha value is -1.35. The van der Waals surface area contributed by atoms with Crippen LogP contribution in [0, 0.1) is 12.8 Å². The zero-order valence-corrected chi connectivity index (χ0v) is 11.4. The van der Waals surface area contributed by atoms with Gasteiger partial charge in [0.15, 0.2) is 0 Å². The fourth-order valence-corrected chi connectivity index (χ4v) is 2.44. The number of amides is 1. The molecule has 3 nitrogen and oxygen atoms in total. The number of aryl methyl sites for hydroxylation is 1. The van der Waals surface area contributed by atoms with Gasteiger partial charge in [-0.2, -0.15) is 0 Å². The first-order chi connectivity index (χ1) is 8.49. The molecule has 0 heterocycles. The van der Waals surface area contributed by atoms with Crippen molar-refractivity contribution in [1.82, 2.24) is 0 Å². The second kappa shape index (κ2) is 5.11. The minimum Gasteiger partial charge on any atom is -0.328 e. The number of para-hydroxylation sites is 1. The molecule has 0 bridgehead atoms. The summed E-state index contributed by atoms with van der Waals surface area (Å²) in [6.45, 7) is 6.32. The second-order valence-electron chi connectivity index (χ2n) is 5.61. The van der Waals surface area contributed by atoms with Gasteiger partial charge in [-0.3, -0.25) is 4.79 Å². The molecule has 1 aliphatic rings. The highest BCUT2D eigenvalue weighted by molar-refractivity contribution is 5.94. The zero-order chi connectivity index (χ0) is 13.3. The number of nitrogens with one attached hydrogen (secondary N) is 1. The molecule has 98 valence electrons. The van der Waals surface area contributed by atoms with Crippen molar-refractivity contribution in [3.63, 3.8) is 0 Å². The average molecular weight is 246 g/mol. The van der Waals surface area contributed by atoms with Crippen molar-refractivity contribution < 1.29 is 4.79 Å². The highest BCUT2D eigenvalue weighted by Crippen LogP contribution is 2.31. The van der Waals surface area contributed by atoms with E-state index in [1.165, 1.54) is 5.56 Å². The van der Waals surface area contributed by atoms with Crippen LogP contribution >= 0.6 is 0 Å². The highest BCUT2D eigenvalue weighted by atomic mass is 16.1. The van der Waals surface area contributed by atoms with Crippen LogP contribution in [0.15, 0.2) is 18.2 Å². The average Bonchev–Trinajstić information content (AvgIpc) is 2.27. The van der Waals surface area contributed by atoms with Crippen molar-refractivity contribution in [3.8, 4) is 0 Å². The van der Waals surface area contributed by atoms with Crippen LogP contribution in [0.3, 0.4) is 0 Å². The Kier molecular flexibility index (Phi) is 3.71. The Balaban J connectivity index is 2.15. The Morgan fingerprint density at radius 3 is 2.61 bits per heavy atom. The van der Waals surface area contributed by atoms with Crippen LogP contribution in [-0.2, 0) is 4.79 Å². The highest BCUT2D eigenvalue weighted by Gasteiger charge is 2.32. The number of rotatable bonds is 3. The van der Waals surface area contributed by atoms with Crippen molar-refractivity contribution in [3.05, 3.63) is 29.3 Å². The van der Waals surface area contributed by atoms with Gasteiger partial charge in [-0.05, 0) is 36.8 Å². The molecule has 1 fully saturated rings. The van der Waals surface area contributed by atoms with Crippen molar-refractivity contribution in [2.45, 2.75) is 45.6 Å². The smallest absolute Gasteiger partial charge is 0.227 e. The molecule has 18 heavy (non-hydrogen) atoms. The summed E-state index contributed by atoms with van der Waals surface area (Å²) < 4.78 is 0. The third-order valence-electron chi connectivity index (χ3n) is 3.72. The minimum atomic E-state index is 0.0969. The lowest BCUT2D eigenvalue weighted by Gasteiger charge is -2.31. The van der Waals surface area contributed by atoms with Gasteiger partial charge in [-0.25, -0.2) is 0 Å². The maximum Gasteiger partial charge on any atom is 0.227 e. The predicted octanol–water partition coefficient (Wildman–Crippen LogP) is 2.79. The molecule has 1 aliphatic carbocycles. The predicted molar refractivity (Wildman–Crippen MR) is 74.6 cm³/mol. The van der Waals surface area contributed by atoms with Gasteiger partial charge in [0.1, 0.15) is 0 Å². The number of nitrogens with two attached hydrogens (primary N) is 1. The lowest BCUT2D eigenvalue weighted by Crippen LogP contribution is -2.42. The van der Waals surface area contributed by atoms with Crippen LogP contribution in [0.5, 0.6) is 0 Å². The van der Waals surface area contributed by atoms with Crippen LogP contribution < -0.4 is 11.1 Å². The molecule has 1 saturated carbocycles. The van der Waals surface area contributed by atoms with Gasteiger partial charge < -0.3 is 11.1 Å². The van der Waals surface area contributed by atoms with Gasteiger partial charge in [-0.1, -0.05) is 32.0 Å². The quantitative estimate of drug-likeness (QED) is 0.861. The fraction of sp³-hybridized carbons (Fsp3) is 0.533. The Morgan fingerprint density at radius 2 is 2.06 bits per heavy atom. The first-order valence-electron chi connectivity index (χ1n) is 6.65. The molecule has 0 saturated heterocycles. The lowest BCUT2D eigenvalue weighted by atomic mass is 9.80. The molecule has 0 radical (unpaired) electrons. The van der Waals surface area contributed by atoms with Crippen LogP contribution in [-0.4, -0.2) is 11.9 Å². The van der Waals surface area contributed by atoms with Crippen LogP contribution in [0.4, 0.5) is 5.69 Å². The van der Waals surface area contributed by atoms with Gasteiger partial charge >= 0.3 is 0 Å². The number of hydrogen-bond acceptors (Lipinski definition) is 2. The normalized spacial score (nSPS) is 22.7. The monoisotopic (exact) mass is 246 g/mol. The maximum atomic E-state index is 12.1. The molecule has 1 aromatic carbocycles. The van der Waals surface area contributed by atoms with Crippen molar-refractivity contribution >= 4 is 11.6 Å². The molecular formula is C15H22N2O. The van der Waals surface area contributed by atoms with Gasteiger partial charge in [0.25, 0.3) is 0 Å². The first-order valence-corrected chi connectivity index (χ1v) is 6.65. The van der Waals surface area contributed by atoms with Gasteiger partial charge in [-0.15, -0.1) is 0 Å². The topological polar surface area (TPSA) is 55.1 Å². The van der Waals surface area contributed by atoms with Gasteiger partial charge in [0, 0.05) is 17.6 Å². The number of anilines is 1. The van der Waals surface area contributed by atoms with Crippen molar-refractivity contribution in [2.75, 3.05) is 5.32 Å². The third-order valence-corrected chi connectivity index (χ3v) is 3.72. The number of carbonyl (C=O) groups excluding carboxylic acids is 1. The standard InChI is InChI=1S/C15H22N2O/c1-9(2)13-6-4-5-10(3)14(13)17-15(18)11-7-12(16)8-11/h4-6,9,11-12H,7-8,16H2,1-3H3,(H,17,18). The van der Waals surface area contributed by atoms with E-state index >= 15 is 0 Å². The Morgan fingerprint density at radius 1 is 1.39 bits per heavy atom. The molecule has 0 spiro atoms. The molecule has 0 aliphatic heterocycles. The molecule has 3 N–H and O–H groups in total. The molecule has 2 rings (SSSR count). The first kappa shape index (κ1) is 13.1. The Labute approximate surface area is 109 Å². The molecule has 3 heteroatoms. The van der Waals surface area contributed by atoms with Gasteiger partial charge in [0.2, 0.25) is 5.91 Å². The lowest BCUT2D eigenvalue weighted by molar-refractivity contribution is -0.122. The van der Waals surface area contributed by atoms with E-state index in [0.29, 0.717) is 5.92 Å². The molecule has 1 aromatic rings. The zero-order valence-electron chi connectivity index (χ0n) is 11.4. The summed E-state index contributed by atoms with van der Waals surface area (Å²) in [5.41, 5.74) is 9.04. The van der Waals surface area contributed by atoms with E-state index in [1.807, 2.05) is 19.1 Å². The van der Waals surface area contributed by atoms with E-state index < -0.39 is 0 Å². The number of carbonyl (C=O) groups is 1. The summed E-state index contributed by atoms with van der Waals surface area (Å²) in [7, 11) is 0. The summed E-state index contributed by atoms with van der Waals surface area (Å²) in [4.78, 5) is 12.1. The van der Waals surface area contributed by atoms with E-state index in [1.54, 1.807) is 0 Å². The third kappa shape index (κ3) is 2.56. The fourth-order valence-electron chi connectivity index (χ4n) is 2.44.